The number of carbonyl (C=O) groups excluding carboxylic acids is 2. The van der Waals surface area contributed by atoms with Crippen LogP contribution in [0, 0.1) is 5.92 Å². The molecule has 1 N–H and O–H groups in total. The van der Waals surface area contributed by atoms with Crippen molar-refractivity contribution in [2.45, 2.75) is 18.3 Å². The summed E-state index contributed by atoms with van der Waals surface area (Å²) < 4.78 is 76.5. The van der Waals surface area contributed by atoms with Gasteiger partial charge in [-0.05, 0) is 29.8 Å². The first kappa shape index (κ1) is 22.9. The Balaban J connectivity index is 1.85. The smallest absolute Gasteiger partial charge is 0.344 e. The second-order valence-corrected chi connectivity index (χ2v) is 7.30. The van der Waals surface area contributed by atoms with Gasteiger partial charge in [0.05, 0.1) is 11.3 Å². The van der Waals surface area contributed by atoms with Crippen molar-refractivity contribution in [3.05, 3.63) is 58.4 Å². The normalized spacial score (nSPS) is 19.6. The molecule has 0 radical (unpaired) electrons. The molecule has 2 aromatic rings. The van der Waals surface area contributed by atoms with Crippen molar-refractivity contribution in [3.8, 4) is 0 Å². The zero-order valence-electron chi connectivity index (χ0n) is 15.7. The number of aromatic nitrogens is 1. The van der Waals surface area contributed by atoms with Crippen molar-refractivity contribution in [2.24, 2.45) is 5.92 Å². The van der Waals surface area contributed by atoms with Crippen LogP contribution in [0.3, 0.4) is 0 Å². The van der Waals surface area contributed by atoms with Gasteiger partial charge in [0.15, 0.2) is 5.15 Å². The van der Waals surface area contributed by atoms with E-state index in [4.69, 9.17) is 11.6 Å². The molecule has 3 rings (SSSR count). The molecule has 1 fully saturated rings. The molecule has 1 aliphatic rings. The first-order chi connectivity index (χ1) is 14.3. The van der Waals surface area contributed by atoms with Gasteiger partial charge in [0.2, 0.25) is 11.8 Å². The van der Waals surface area contributed by atoms with Crippen LogP contribution in [-0.4, -0.2) is 35.3 Å². The summed E-state index contributed by atoms with van der Waals surface area (Å²) in [6.45, 7) is 0.0707. The maximum absolute atomic E-state index is 12.8. The Kier molecular flexibility index (Phi) is 5.92. The van der Waals surface area contributed by atoms with E-state index in [0.29, 0.717) is 11.6 Å². The van der Waals surface area contributed by atoms with Crippen LogP contribution in [0.5, 0.6) is 0 Å². The highest BCUT2D eigenvalue weighted by Gasteiger charge is 2.44. The van der Waals surface area contributed by atoms with Gasteiger partial charge in [0, 0.05) is 19.5 Å². The summed E-state index contributed by atoms with van der Waals surface area (Å²) in [6.07, 6.45) is -9.27. The van der Waals surface area contributed by atoms with Crippen molar-refractivity contribution in [3.63, 3.8) is 0 Å². The predicted molar refractivity (Wildman–Crippen MR) is 98.2 cm³/mol. The van der Waals surface area contributed by atoms with Crippen LogP contribution in [0.15, 0.2) is 36.4 Å². The molecule has 0 spiro atoms. The number of amides is 2. The standard InChI is InChI=1S/C19H14ClF6N3O2/c1-29-8-11(9-2-4-10(5-3-9)18(21,22)23)14(17(29)31)16(30)27-12-6-7-13(19(24,25)26)28-15(12)20/h2-7,11,14H,8H2,1H3,(H,27,30)/t11-,14+/m0/s1. The van der Waals surface area contributed by atoms with Crippen LogP contribution in [0.4, 0.5) is 32.0 Å². The minimum atomic E-state index is -4.73. The Morgan fingerprint density at radius 1 is 1.06 bits per heavy atom. The quantitative estimate of drug-likeness (QED) is 0.410. The van der Waals surface area contributed by atoms with Crippen molar-refractivity contribution in [2.75, 3.05) is 18.9 Å². The Morgan fingerprint density at radius 2 is 1.68 bits per heavy atom. The number of nitrogens with one attached hydrogen (secondary N) is 1. The highest BCUT2D eigenvalue weighted by Crippen LogP contribution is 2.37. The van der Waals surface area contributed by atoms with Gasteiger partial charge in [0.1, 0.15) is 11.6 Å². The number of anilines is 1. The summed E-state index contributed by atoms with van der Waals surface area (Å²) >= 11 is 5.74. The zero-order valence-corrected chi connectivity index (χ0v) is 16.4. The van der Waals surface area contributed by atoms with Gasteiger partial charge in [-0.2, -0.15) is 26.3 Å². The lowest BCUT2D eigenvalue weighted by Crippen LogP contribution is -2.33. The van der Waals surface area contributed by atoms with E-state index in [1.54, 1.807) is 0 Å². The van der Waals surface area contributed by atoms with Gasteiger partial charge in [0.25, 0.3) is 0 Å². The molecule has 1 aliphatic heterocycles. The molecule has 1 aromatic carbocycles. The number of halogens is 7. The van der Waals surface area contributed by atoms with Gasteiger partial charge in [-0.3, -0.25) is 9.59 Å². The van der Waals surface area contributed by atoms with Crippen LogP contribution >= 0.6 is 11.6 Å². The first-order valence-corrected chi connectivity index (χ1v) is 9.13. The molecule has 2 heterocycles. The minimum Gasteiger partial charge on any atom is -0.344 e. The number of likely N-dealkylation sites (tertiary alicyclic amines) is 1. The molecule has 1 aromatic heterocycles. The molecule has 0 unspecified atom stereocenters. The van der Waals surface area contributed by atoms with E-state index in [2.05, 4.69) is 10.3 Å². The molecular weight excluding hydrogens is 452 g/mol. The number of nitrogens with zero attached hydrogens (tertiary/aromatic N) is 2. The molecule has 2 atom stereocenters. The van der Waals surface area contributed by atoms with Gasteiger partial charge in [-0.25, -0.2) is 4.98 Å². The van der Waals surface area contributed by atoms with Crippen LogP contribution in [0.1, 0.15) is 22.7 Å². The van der Waals surface area contributed by atoms with Crippen LogP contribution in [0.2, 0.25) is 5.15 Å². The van der Waals surface area contributed by atoms with Gasteiger partial charge in [-0.15, -0.1) is 0 Å². The molecule has 166 valence electrons. The van der Waals surface area contributed by atoms with Gasteiger partial charge >= 0.3 is 12.4 Å². The summed E-state index contributed by atoms with van der Waals surface area (Å²) in [4.78, 5) is 29.7. The van der Waals surface area contributed by atoms with E-state index < -0.39 is 52.4 Å². The number of carbonyl (C=O) groups is 2. The SMILES string of the molecule is CN1C[C@@H](c2ccc(C(F)(F)F)cc2)[C@H](C(=O)Nc2ccc(C(F)(F)F)nc2Cl)C1=O. The van der Waals surface area contributed by atoms with Crippen molar-refractivity contribution in [1.82, 2.24) is 9.88 Å². The number of benzene rings is 1. The zero-order chi connectivity index (χ0) is 23.1. The van der Waals surface area contributed by atoms with Crippen molar-refractivity contribution < 1.29 is 35.9 Å². The lowest BCUT2D eigenvalue weighted by Gasteiger charge is -2.18. The number of hydrogen-bond acceptors (Lipinski definition) is 3. The molecule has 0 aliphatic carbocycles. The molecule has 12 heteroatoms. The fourth-order valence-corrected chi connectivity index (χ4v) is 3.51. The highest BCUT2D eigenvalue weighted by molar-refractivity contribution is 6.32. The second kappa shape index (κ2) is 8.03. The second-order valence-electron chi connectivity index (χ2n) is 6.94. The number of hydrogen-bond donors (Lipinski definition) is 1. The van der Waals surface area contributed by atoms with E-state index in [-0.39, 0.29) is 12.2 Å². The van der Waals surface area contributed by atoms with E-state index in [0.717, 1.165) is 18.2 Å². The van der Waals surface area contributed by atoms with Gasteiger partial charge < -0.3 is 10.2 Å². The summed E-state index contributed by atoms with van der Waals surface area (Å²) in [5.41, 5.74) is -2.02. The maximum Gasteiger partial charge on any atom is 0.433 e. The Morgan fingerprint density at radius 3 is 2.19 bits per heavy atom. The third-order valence-corrected chi connectivity index (χ3v) is 5.15. The predicted octanol–water partition coefficient (Wildman–Crippen LogP) is 4.58. The molecule has 1 saturated heterocycles. The Hall–Kier alpha value is -2.82. The number of alkyl halides is 6. The third-order valence-electron chi connectivity index (χ3n) is 4.86. The van der Waals surface area contributed by atoms with Crippen LogP contribution in [0.25, 0.3) is 0 Å². The molecular formula is C19H14ClF6N3O2. The fraction of sp³-hybridized carbons (Fsp3) is 0.316. The highest BCUT2D eigenvalue weighted by atomic mass is 35.5. The number of pyridine rings is 1. The summed E-state index contributed by atoms with van der Waals surface area (Å²) in [7, 11) is 1.43. The summed E-state index contributed by atoms with van der Waals surface area (Å²) in [6, 6.07) is 5.61. The molecule has 2 amide bonds. The third kappa shape index (κ3) is 4.76. The average molecular weight is 466 g/mol. The van der Waals surface area contributed by atoms with Crippen LogP contribution in [-0.2, 0) is 21.9 Å². The van der Waals surface area contributed by atoms with E-state index in [1.807, 2.05) is 0 Å². The van der Waals surface area contributed by atoms with E-state index >= 15 is 0 Å². The first-order valence-electron chi connectivity index (χ1n) is 8.76. The summed E-state index contributed by atoms with van der Waals surface area (Å²) in [5.74, 6) is -3.51. The monoisotopic (exact) mass is 465 g/mol. The van der Waals surface area contributed by atoms with Crippen LogP contribution < -0.4 is 5.32 Å². The lowest BCUT2D eigenvalue weighted by atomic mass is 9.87. The van der Waals surface area contributed by atoms with Gasteiger partial charge in [-0.1, -0.05) is 23.7 Å². The average Bonchev–Trinajstić information content (AvgIpc) is 2.97. The fourth-order valence-electron chi connectivity index (χ4n) is 3.31. The van der Waals surface area contributed by atoms with Crippen molar-refractivity contribution >= 4 is 29.1 Å². The molecule has 0 saturated carbocycles. The lowest BCUT2D eigenvalue weighted by molar-refractivity contribution is -0.141. The Bertz CT molecular complexity index is 1010. The Labute approximate surface area is 177 Å². The number of rotatable bonds is 3. The maximum atomic E-state index is 12.8. The molecule has 0 bridgehead atoms. The van der Waals surface area contributed by atoms with E-state index in [9.17, 15) is 35.9 Å². The minimum absolute atomic E-state index is 0.0707. The largest absolute Gasteiger partial charge is 0.433 e. The molecule has 31 heavy (non-hydrogen) atoms. The topological polar surface area (TPSA) is 62.3 Å². The van der Waals surface area contributed by atoms with Crippen molar-refractivity contribution in [1.29, 1.82) is 0 Å². The number of likely N-dealkylation sites (N-methyl/N-ethyl adjacent to an activating group) is 1. The summed E-state index contributed by atoms with van der Waals surface area (Å²) in [5, 5.41) is 1.67. The van der Waals surface area contributed by atoms with E-state index in [1.165, 1.54) is 24.1 Å². The molecule has 5 nitrogen and oxygen atoms in total.